The normalized spacial score (nSPS) is 17.8. The summed E-state index contributed by atoms with van der Waals surface area (Å²) in [6, 6.07) is 3.51. The molecule has 24 heavy (non-hydrogen) atoms. The molecule has 7 nitrogen and oxygen atoms in total. The Bertz CT molecular complexity index is 755. The van der Waals surface area contributed by atoms with Crippen LogP contribution in [0.1, 0.15) is 12.8 Å². The van der Waals surface area contributed by atoms with Gasteiger partial charge in [0.2, 0.25) is 0 Å². The number of fused-ring (bicyclic) bond motifs is 1. The number of benzene rings is 1. The van der Waals surface area contributed by atoms with Crippen LogP contribution in [0.15, 0.2) is 18.5 Å². The molecule has 0 saturated carbocycles. The highest BCUT2D eigenvalue weighted by Crippen LogP contribution is 2.34. The molecule has 1 fully saturated rings. The van der Waals surface area contributed by atoms with Crippen molar-refractivity contribution >= 4 is 28.6 Å². The Hall–Kier alpha value is -2.28. The number of rotatable bonds is 4. The highest BCUT2D eigenvalue weighted by atomic mass is 35.5. The number of halogens is 1. The van der Waals surface area contributed by atoms with Crippen molar-refractivity contribution in [1.29, 1.82) is 0 Å². The van der Waals surface area contributed by atoms with Crippen LogP contribution in [0.25, 0.3) is 10.9 Å². The zero-order valence-corrected chi connectivity index (χ0v) is 14.0. The number of hydrogen-bond donors (Lipinski definition) is 1. The molecule has 8 heteroatoms. The van der Waals surface area contributed by atoms with Gasteiger partial charge in [-0.1, -0.05) is 11.6 Å². The number of ether oxygens (including phenoxy) is 2. The Labute approximate surface area is 144 Å². The predicted octanol–water partition coefficient (Wildman–Crippen LogP) is 3.06. The summed E-state index contributed by atoms with van der Waals surface area (Å²) in [5.41, 5.74) is 0.668. The first-order valence-corrected chi connectivity index (χ1v) is 8.05. The van der Waals surface area contributed by atoms with E-state index in [1.165, 1.54) is 11.2 Å². The molecule has 1 saturated heterocycles. The number of aromatic nitrogens is 2. The molecule has 1 N–H and O–H groups in total. The summed E-state index contributed by atoms with van der Waals surface area (Å²) in [5, 5.41) is 10.2. The maximum absolute atomic E-state index is 11.1. The van der Waals surface area contributed by atoms with Gasteiger partial charge in [-0.05, 0) is 18.9 Å². The number of carbonyl (C=O) groups is 1. The SMILES string of the molecule is COc1cc2c(Cl)ncnc2cc1OC[C@@H]1CCCN(C(=O)O)C1. The molecular weight excluding hydrogens is 334 g/mol. The molecule has 3 rings (SSSR count). The van der Waals surface area contributed by atoms with Crippen molar-refractivity contribution in [3.8, 4) is 11.5 Å². The van der Waals surface area contributed by atoms with Gasteiger partial charge in [0.1, 0.15) is 11.5 Å². The minimum absolute atomic E-state index is 0.157. The van der Waals surface area contributed by atoms with E-state index in [1.807, 2.05) is 0 Å². The zero-order chi connectivity index (χ0) is 17.1. The molecule has 0 aliphatic carbocycles. The maximum atomic E-state index is 11.1. The van der Waals surface area contributed by atoms with Gasteiger partial charge < -0.3 is 19.5 Å². The van der Waals surface area contributed by atoms with E-state index in [0.29, 0.717) is 47.3 Å². The quantitative estimate of drug-likeness (QED) is 0.852. The lowest BCUT2D eigenvalue weighted by Gasteiger charge is -2.30. The van der Waals surface area contributed by atoms with E-state index in [4.69, 9.17) is 26.2 Å². The van der Waals surface area contributed by atoms with E-state index >= 15 is 0 Å². The van der Waals surface area contributed by atoms with Gasteiger partial charge in [0.25, 0.3) is 0 Å². The summed E-state index contributed by atoms with van der Waals surface area (Å²) in [4.78, 5) is 20.7. The Balaban J connectivity index is 1.76. The first-order valence-electron chi connectivity index (χ1n) is 7.67. The lowest BCUT2D eigenvalue weighted by molar-refractivity contribution is 0.104. The van der Waals surface area contributed by atoms with Crippen LogP contribution in [0.5, 0.6) is 11.5 Å². The fourth-order valence-corrected chi connectivity index (χ4v) is 3.08. The van der Waals surface area contributed by atoms with Crippen LogP contribution in [0.3, 0.4) is 0 Å². The van der Waals surface area contributed by atoms with Gasteiger partial charge in [0.15, 0.2) is 11.5 Å². The largest absolute Gasteiger partial charge is 0.493 e. The van der Waals surface area contributed by atoms with Gasteiger partial charge >= 0.3 is 6.09 Å². The third-order valence-corrected chi connectivity index (χ3v) is 4.44. The number of amides is 1. The molecule has 128 valence electrons. The number of carboxylic acid groups (broad SMARTS) is 1. The van der Waals surface area contributed by atoms with E-state index in [-0.39, 0.29) is 5.92 Å². The molecule has 1 aliphatic rings. The van der Waals surface area contributed by atoms with Crippen LogP contribution in [-0.4, -0.2) is 52.9 Å². The van der Waals surface area contributed by atoms with Crippen LogP contribution in [0.4, 0.5) is 4.79 Å². The van der Waals surface area contributed by atoms with Crippen LogP contribution < -0.4 is 9.47 Å². The van der Waals surface area contributed by atoms with Gasteiger partial charge in [-0.25, -0.2) is 14.8 Å². The molecule has 0 unspecified atom stereocenters. The van der Waals surface area contributed by atoms with E-state index in [9.17, 15) is 4.79 Å². The average molecular weight is 352 g/mol. The van der Waals surface area contributed by atoms with Crippen LogP contribution in [-0.2, 0) is 0 Å². The Morgan fingerprint density at radius 3 is 3.00 bits per heavy atom. The van der Waals surface area contributed by atoms with E-state index in [1.54, 1.807) is 19.2 Å². The third-order valence-electron chi connectivity index (χ3n) is 4.14. The topological polar surface area (TPSA) is 84.8 Å². The minimum Gasteiger partial charge on any atom is -0.493 e. The van der Waals surface area contributed by atoms with E-state index in [0.717, 1.165) is 12.8 Å². The average Bonchev–Trinajstić information content (AvgIpc) is 2.60. The first kappa shape index (κ1) is 16.6. The second kappa shape index (κ2) is 7.09. The van der Waals surface area contributed by atoms with Crippen molar-refractivity contribution in [3.63, 3.8) is 0 Å². The second-order valence-electron chi connectivity index (χ2n) is 5.73. The number of piperidine rings is 1. The molecular formula is C16H18ClN3O4. The second-order valence-corrected chi connectivity index (χ2v) is 6.09. The van der Waals surface area contributed by atoms with Gasteiger partial charge in [0, 0.05) is 30.5 Å². The van der Waals surface area contributed by atoms with Gasteiger partial charge in [-0.2, -0.15) is 0 Å². The molecule has 0 spiro atoms. The van der Waals surface area contributed by atoms with E-state index < -0.39 is 6.09 Å². The van der Waals surface area contributed by atoms with Crippen molar-refractivity contribution in [3.05, 3.63) is 23.6 Å². The number of hydrogen-bond acceptors (Lipinski definition) is 5. The van der Waals surface area contributed by atoms with Crippen molar-refractivity contribution in [2.75, 3.05) is 26.8 Å². The van der Waals surface area contributed by atoms with Crippen molar-refractivity contribution in [2.24, 2.45) is 5.92 Å². The summed E-state index contributed by atoms with van der Waals surface area (Å²) >= 11 is 6.07. The molecule has 1 aromatic heterocycles. The first-order chi connectivity index (χ1) is 11.6. The smallest absolute Gasteiger partial charge is 0.407 e. The summed E-state index contributed by atoms with van der Waals surface area (Å²) in [6.45, 7) is 1.49. The van der Waals surface area contributed by atoms with Gasteiger partial charge in [0.05, 0.1) is 19.2 Å². The maximum Gasteiger partial charge on any atom is 0.407 e. The minimum atomic E-state index is -0.880. The fourth-order valence-electron chi connectivity index (χ4n) is 2.89. The molecule has 1 amide bonds. The lowest BCUT2D eigenvalue weighted by Crippen LogP contribution is -2.40. The number of likely N-dealkylation sites (tertiary alicyclic amines) is 1. The van der Waals surface area contributed by atoms with Crippen LogP contribution >= 0.6 is 11.6 Å². The number of nitrogens with zero attached hydrogens (tertiary/aromatic N) is 3. The monoisotopic (exact) mass is 351 g/mol. The number of methoxy groups -OCH3 is 1. The molecule has 0 radical (unpaired) electrons. The standard InChI is InChI=1S/C16H18ClN3O4/c1-23-13-5-11-12(18-9-19-15(11)17)6-14(13)24-8-10-3-2-4-20(7-10)16(21)22/h5-6,9-10H,2-4,7-8H2,1H3,(H,21,22)/t10-/m1/s1. The zero-order valence-electron chi connectivity index (χ0n) is 13.2. The molecule has 1 aromatic carbocycles. The Morgan fingerprint density at radius 2 is 2.25 bits per heavy atom. The van der Waals surface area contributed by atoms with Crippen molar-refractivity contribution in [1.82, 2.24) is 14.9 Å². The van der Waals surface area contributed by atoms with Crippen molar-refractivity contribution in [2.45, 2.75) is 12.8 Å². The van der Waals surface area contributed by atoms with Gasteiger partial charge in [-0.15, -0.1) is 0 Å². The van der Waals surface area contributed by atoms with Crippen molar-refractivity contribution < 1.29 is 19.4 Å². The summed E-state index contributed by atoms with van der Waals surface area (Å²) in [6.07, 6.45) is 2.30. The van der Waals surface area contributed by atoms with Crippen LogP contribution in [0, 0.1) is 5.92 Å². The Morgan fingerprint density at radius 1 is 1.42 bits per heavy atom. The molecule has 1 aliphatic heterocycles. The van der Waals surface area contributed by atoms with Gasteiger partial charge in [-0.3, -0.25) is 0 Å². The lowest BCUT2D eigenvalue weighted by atomic mass is 9.99. The summed E-state index contributed by atoms with van der Waals surface area (Å²) < 4.78 is 11.3. The molecule has 2 aromatic rings. The molecule has 2 heterocycles. The molecule has 0 bridgehead atoms. The predicted molar refractivity (Wildman–Crippen MR) is 88.9 cm³/mol. The fraction of sp³-hybridized carbons (Fsp3) is 0.438. The highest BCUT2D eigenvalue weighted by molar-refractivity contribution is 6.34. The van der Waals surface area contributed by atoms with Crippen LogP contribution in [0.2, 0.25) is 5.15 Å². The van der Waals surface area contributed by atoms with E-state index in [2.05, 4.69) is 9.97 Å². The third kappa shape index (κ3) is 3.46. The molecule has 1 atom stereocenters. The summed E-state index contributed by atoms with van der Waals surface area (Å²) in [7, 11) is 1.55. The highest BCUT2D eigenvalue weighted by Gasteiger charge is 2.24. The summed E-state index contributed by atoms with van der Waals surface area (Å²) in [5.74, 6) is 1.27. The Kier molecular flexibility index (Phi) is 4.89.